The second kappa shape index (κ2) is 11.7. The lowest BCUT2D eigenvalue weighted by Crippen LogP contribution is -2.11. The Morgan fingerprint density at radius 2 is 1.40 bits per heavy atom. The molecule has 0 saturated heterocycles. The summed E-state index contributed by atoms with van der Waals surface area (Å²) in [6, 6.07) is 0. The van der Waals surface area contributed by atoms with Crippen LogP contribution in [0.1, 0.15) is 6.42 Å². The van der Waals surface area contributed by atoms with E-state index < -0.39 is 5.97 Å². The van der Waals surface area contributed by atoms with Crippen LogP contribution >= 0.6 is 11.6 Å². The Bertz CT molecular complexity index is 153. The molecule has 90 valence electrons. The molecule has 0 aromatic heterocycles. The molecule has 0 aliphatic heterocycles. The first-order valence-electron chi connectivity index (χ1n) is 4.78. The van der Waals surface area contributed by atoms with Crippen molar-refractivity contribution in [3.8, 4) is 0 Å². The van der Waals surface area contributed by atoms with Gasteiger partial charge in [0.05, 0.1) is 46.1 Å². The first-order chi connectivity index (χ1) is 7.27. The summed E-state index contributed by atoms with van der Waals surface area (Å²) >= 11 is 5.39. The topological polar surface area (TPSA) is 65.0 Å². The molecule has 0 bridgehead atoms. The predicted molar refractivity (Wildman–Crippen MR) is 55.4 cm³/mol. The summed E-state index contributed by atoms with van der Waals surface area (Å²) in [6.07, 6.45) is 0.0266. The van der Waals surface area contributed by atoms with Crippen LogP contribution in [0, 0.1) is 0 Å². The van der Waals surface area contributed by atoms with Crippen molar-refractivity contribution >= 4 is 17.6 Å². The molecule has 0 atom stereocenters. The van der Waals surface area contributed by atoms with Gasteiger partial charge in [-0.3, -0.25) is 4.79 Å². The largest absolute Gasteiger partial charge is 0.481 e. The monoisotopic (exact) mass is 240 g/mol. The van der Waals surface area contributed by atoms with Gasteiger partial charge in [0, 0.05) is 5.88 Å². The van der Waals surface area contributed by atoms with E-state index in [1.807, 2.05) is 0 Å². The number of halogens is 1. The molecule has 0 aromatic carbocycles. The fourth-order valence-corrected chi connectivity index (χ4v) is 0.865. The Morgan fingerprint density at radius 3 is 1.87 bits per heavy atom. The normalized spacial score (nSPS) is 10.5. The molecule has 0 aliphatic carbocycles. The maximum Gasteiger partial charge on any atom is 0.305 e. The van der Waals surface area contributed by atoms with Gasteiger partial charge in [0.1, 0.15) is 0 Å². The number of hydrogen-bond donors (Lipinski definition) is 1. The van der Waals surface area contributed by atoms with Crippen LogP contribution in [-0.2, 0) is 19.0 Å². The molecule has 0 amide bonds. The molecule has 0 aliphatic rings. The first-order valence-corrected chi connectivity index (χ1v) is 5.32. The van der Waals surface area contributed by atoms with Crippen molar-refractivity contribution in [2.24, 2.45) is 0 Å². The van der Waals surface area contributed by atoms with E-state index in [4.69, 9.17) is 30.9 Å². The average molecular weight is 241 g/mol. The summed E-state index contributed by atoms with van der Waals surface area (Å²) in [6.45, 7) is 2.62. The maximum absolute atomic E-state index is 10.1. The highest BCUT2D eigenvalue weighted by atomic mass is 35.5. The van der Waals surface area contributed by atoms with Gasteiger partial charge in [0.15, 0.2) is 0 Å². The number of hydrogen-bond acceptors (Lipinski definition) is 4. The highest BCUT2D eigenvalue weighted by molar-refractivity contribution is 6.17. The lowest BCUT2D eigenvalue weighted by molar-refractivity contribution is -0.138. The van der Waals surface area contributed by atoms with Gasteiger partial charge in [0.2, 0.25) is 0 Å². The summed E-state index contributed by atoms with van der Waals surface area (Å²) in [5, 5.41) is 8.30. The van der Waals surface area contributed by atoms with Crippen molar-refractivity contribution < 1.29 is 24.1 Å². The molecule has 1 N–H and O–H groups in total. The minimum Gasteiger partial charge on any atom is -0.481 e. The minimum atomic E-state index is -0.856. The van der Waals surface area contributed by atoms with Gasteiger partial charge in [0.25, 0.3) is 0 Å². The van der Waals surface area contributed by atoms with Crippen molar-refractivity contribution in [3.63, 3.8) is 0 Å². The molecule has 0 heterocycles. The van der Waals surface area contributed by atoms with Gasteiger partial charge in [-0.25, -0.2) is 0 Å². The van der Waals surface area contributed by atoms with E-state index in [-0.39, 0.29) is 13.0 Å². The van der Waals surface area contributed by atoms with Crippen molar-refractivity contribution in [2.45, 2.75) is 6.42 Å². The highest BCUT2D eigenvalue weighted by Crippen LogP contribution is 1.85. The summed E-state index contributed by atoms with van der Waals surface area (Å²) in [5.41, 5.74) is 0. The van der Waals surface area contributed by atoms with Crippen LogP contribution in [0.15, 0.2) is 0 Å². The van der Waals surface area contributed by atoms with E-state index in [0.717, 1.165) is 0 Å². The molecule has 15 heavy (non-hydrogen) atoms. The summed E-state index contributed by atoms with van der Waals surface area (Å²) < 4.78 is 15.2. The number of carboxylic acids is 1. The van der Waals surface area contributed by atoms with Crippen LogP contribution in [0.3, 0.4) is 0 Å². The van der Waals surface area contributed by atoms with Crippen LogP contribution in [-0.4, -0.2) is 56.6 Å². The number of carboxylic acid groups (broad SMARTS) is 1. The van der Waals surface area contributed by atoms with Gasteiger partial charge in [-0.2, -0.15) is 0 Å². The number of carbonyl (C=O) groups is 1. The van der Waals surface area contributed by atoms with E-state index in [9.17, 15) is 4.79 Å². The Balaban J connectivity index is 2.89. The smallest absolute Gasteiger partial charge is 0.305 e. The van der Waals surface area contributed by atoms with E-state index >= 15 is 0 Å². The summed E-state index contributed by atoms with van der Waals surface area (Å²) in [7, 11) is 0. The number of rotatable bonds is 11. The van der Waals surface area contributed by atoms with Crippen LogP contribution in [0.2, 0.25) is 0 Å². The molecule has 5 nitrogen and oxygen atoms in total. The zero-order valence-electron chi connectivity index (χ0n) is 8.62. The Hall–Kier alpha value is -0.360. The van der Waals surface area contributed by atoms with Crippen LogP contribution in [0.25, 0.3) is 0 Å². The molecule has 0 fully saturated rings. The summed E-state index contributed by atoms with van der Waals surface area (Å²) in [4.78, 5) is 10.1. The van der Waals surface area contributed by atoms with E-state index in [0.29, 0.717) is 38.9 Å². The third-order valence-electron chi connectivity index (χ3n) is 1.43. The van der Waals surface area contributed by atoms with Crippen molar-refractivity contribution in [1.29, 1.82) is 0 Å². The quantitative estimate of drug-likeness (QED) is 0.427. The third-order valence-corrected chi connectivity index (χ3v) is 1.58. The van der Waals surface area contributed by atoms with Crippen LogP contribution in [0.5, 0.6) is 0 Å². The second-order valence-corrected chi connectivity index (χ2v) is 3.05. The van der Waals surface area contributed by atoms with E-state index in [1.54, 1.807) is 0 Å². The number of alkyl halides is 1. The SMILES string of the molecule is O=C(O)CCOCCOCCOCCCl. The van der Waals surface area contributed by atoms with E-state index in [2.05, 4.69) is 0 Å². The lowest BCUT2D eigenvalue weighted by atomic mass is 10.5. The summed E-state index contributed by atoms with van der Waals surface area (Å²) in [5.74, 6) is -0.372. The lowest BCUT2D eigenvalue weighted by Gasteiger charge is -2.05. The molecular weight excluding hydrogens is 224 g/mol. The van der Waals surface area contributed by atoms with Gasteiger partial charge in [-0.1, -0.05) is 0 Å². The number of aliphatic carboxylic acids is 1. The molecule has 0 radical (unpaired) electrons. The maximum atomic E-state index is 10.1. The van der Waals surface area contributed by atoms with E-state index in [1.165, 1.54) is 0 Å². The van der Waals surface area contributed by atoms with Gasteiger partial charge >= 0.3 is 5.97 Å². The zero-order chi connectivity index (χ0) is 11.4. The fourth-order valence-electron chi connectivity index (χ4n) is 0.756. The predicted octanol–water partition coefficient (Wildman–Crippen LogP) is 0.750. The highest BCUT2D eigenvalue weighted by Gasteiger charge is 1.96. The molecule has 0 saturated carbocycles. The molecule has 0 rings (SSSR count). The zero-order valence-corrected chi connectivity index (χ0v) is 9.37. The molecular formula is C9H17ClO5. The van der Waals surface area contributed by atoms with Crippen LogP contribution < -0.4 is 0 Å². The third kappa shape index (κ3) is 13.6. The average Bonchev–Trinajstić information content (AvgIpc) is 2.20. The van der Waals surface area contributed by atoms with Gasteiger partial charge < -0.3 is 19.3 Å². The standard InChI is InChI=1S/C9H17ClO5/c10-2-4-14-6-8-15-7-5-13-3-1-9(11)12/h1-8H2,(H,11,12). The Kier molecular flexibility index (Phi) is 11.4. The van der Waals surface area contributed by atoms with Crippen molar-refractivity contribution in [2.75, 3.05) is 45.5 Å². The molecule has 6 heteroatoms. The Labute approximate surface area is 94.3 Å². The van der Waals surface area contributed by atoms with Crippen LogP contribution in [0.4, 0.5) is 0 Å². The second-order valence-electron chi connectivity index (χ2n) is 2.67. The van der Waals surface area contributed by atoms with Gasteiger partial charge in [-0.05, 0) is 0 Å². The minimum absolute atomic E-state index is 0.0266. The molecule has 0 spiro atoms. The first kappa shape index (κ1) is 14.6. The molecule has 0 aromatic rings. The number of ether oxygens (including phenoxy) is 3. The molecule has 0 unspecified atom stereocenters. The van der Waals surface area contributed by atoms with Crippen molar-refractivity contribution in [3.05, 3.63) is 0 Å². The van der Waals surface area contributed by atoms with Crippen molar-refractivity contribution in [1.82, 2.24) is 0 Å². The fraction of sp³-hybridized carbons (Fsp3) is 0.889. The van der Waals surface area contributed by atoms with Gasteiger partial charge in [-0.15, -0.1) is 11.6 Å². The Morgan fingerprint density at radius 1 is 0.933 bits per heavy atom.